The SMILES string of the molecule is COC(=O)C(N(C)C(=O)OC(C)(C)C)C(C)(C)c1ccccc1. The summed E-state index contributed by atoms with van der Waals surface area (Å²) in [5, 5.41) is 0. The van der Waals surface area contributed by atoms with Crippen LogP contribution in [0.3, 0.4) is 0 Å². The van der Waals surface area contributed by atoms with E-state index < -0.39 is 29.1 Å². The minimum absolute atomic E-state index is 0.479. The molecule has 0 aliphatic rings. The largest absolute Gasteiger partial charge is 0.467 e. The van der Waals surface area contributed by atoms with Crippen LogP contribution in [0.5, 0.6) is 0 Å². The Hall–Kier alpha value is -2.04. The third-order valence-corrected chi connectivity index (χ3v) is 3.69. The van der Waals surface area contributed by atoms with Crippen molar-refractivity contribution < 1.29 is 19.1 Å². The number of amides is 1. The van der Waals surface area contributed by atoms with Gasteiger partial charge in [-0.15, -0.1) is 0 Å². The second-order valence-electron chi connectivity index (χ2n) is 7.10. The van der Waals surface area contributed by atoms with E-state index in [0.29, 0.717) is 0 Å². The smallest absolute Gasteiger partial charge is 0.410 e. The Bertz CT molecular complexity index is 546. The van der Waals surface area contributed by atoms with Gasteiger partial charge in [-0.05, 0) is 26.3 Å². The summed E-state index contributed by atoms with van der Waals surface area (Å²) in [5.74, 6) is -0.479. The van der Waals surface area contributed by atoms with E-state index in [4.69, 9.17) is 9.47 Å². The maximum atomic E-state index is 12.4. The minimum atomic E-state index is -0.801. The van der Waals surface area contributed by atoms with Crippen LogP contribution >= 0.6 is 0 Å². The summed E-state index contributed by atoms with van der Waals surface area (Å²) in [7, 11) is 2.87. The topological polar surface area (TPSA) is 55.8 Å². The first-order chi connectivity index (χ1) is 10.5. The number of carbonyl (C=O) groups is 2. The van der Waals surface area contributed by atoms with Gasteiger partial charge < -0.3 is 9.47 Å². The highest BCUT2D eigenvalue weighted by atomic mass is 16.6. The second-order valence-corrected chi connectivity index (χ2v) is 7.10. The zero-order chi connectivity index (χ0) is 17.8. The van der Waals surface area contributed by atoms with Gasteiger partial charge in [0.25, 0.3) is 0 Å². The number of esters is 1. The van der Waals surface area contributed by atoms with Gasteiger partial charge in [0.1, 0.15) is 11.6 Å². The summed E-state index contributed by atoms with van der Waals surface area (Å²) in [5.41, 5.74) is -0.339. The zero-order valence-electron chi connectivity index (χ0n) is 15.0. The number of benzene rings is 1. The number of methoxy groups -OCH3 is 1. The Kier molecular flexibility index (Phi) is 5.81. The molecule has 0 heterocycles. The van der Waals surface area contributed by atoms with Crippen LogP contribution in [0.15, 0.2) is 30.3 Å². The minimum Gasteiger partial charge on any atom is -0.467 e. The van der Waals surface area contributed by atoms with E-state index in [1.54, 1.807) is 27.8 Å². The molecule has 1 rings (SSSR count). The molecule has 5 nitrogen and oxygen atoms in total. The summed E-state index contributed by atoms with van der Waals surface area (Å²) >= 11 is 0. The van der Waals surface area contributed by atoms with Crippen LogP contribution in [0, 0.1) is 0 Å². The highest BCUT2D eigenvalue weighted by molar-refractivity contribution is 5.83. The molecular weight excluding hydrogens is 294 g/mol. The molecule has 0 bridgehead atoms. The van der Waals surface area contributed by atoms with Gasteiger partial charge in [-0.1, -0.05) is 44.2 Å². The lowest BCUT2D eigenvalue weighted by Gasteiger charge is -2.39. The van der Waals surface area contributed by atoms with Crippen molar-refractivity contribution in [2.24, 2.45) is 0 Å². The van der Waals surface area contributed by atoms with Crippen LogP contribution in [0.2, 0.25) is 0 Å². The van der Waals surface area contributed by atoms with Gasteiger partial charge in [-0.25, -0.2) is 9.59 Å². The summed E-state index contributed by atoms with van der Waals surface area (Å²) < 4.78 is 10.3. The van der Waals surface area contributed by atoms with Gasteiger partial charge in [0.15, 0.2) is 0 Å². The molecule has 0 saturated carbocycles. The van der Waals surface area contributed by atoms with Crippen molar-refractivity contribution in [1.82, 2.24) is 4.90 Å². The van der Waals surface area contributed by atoms with E-state index in [-0.39, 0.29) is 0 Å². The molecule has 1 aromatic carbocycles. The van der Waals surface area contributed by atoms with Crippen molar-refractivity contribution in [3.8, 4) is 0 Å². The van der Waals surface area contributed by atoms with E-state index in [2.05, 4.69) is 0 Å². The molecule has 1 amide bonds. The van der Waals surface area contributed by atoms with Crippen molar-refractivity contribution in [2.75, 3.05) is 14.2 Å². The summed E-state index contributed by atoms with van der Waals surface area (Å²) in [6.45, 7) is 9.17. The Balaban J connectivity index is 3.19. The van der Waals surface area contributed by atoms with Crippen LogP contribution < -0.4 is 0 Å². The second kappa shape index (κ2) is 7.02. The van der Waals surface area contributed by atoms with Crippen LogP contribution in [-0.4, -0.2) is 42.8 Å². The molecule has 0 saturated heterocycles. The fourth-order valence-electron chi connectivity index (χ4n) is 2.51. The molecule has 0 aliphatic heterocycles. The quantitative estimate of drug-likeness (QED) is 0.798. The number of hydrogen-bond donors (Lipinski definition) is 0. The Labute approximate surface area is 138 Å². The van der Waals surface area contributed by atoms with Crippen LogP contribution in [0.4, 0.5) is 4.79 Å². The summed E-state index contributed by atoms with van der Waals surface area (Å²) in [6.07, 6.45) is -0.558. The molecule has 0 spiro atoms. The molecule has 128 valence electrons. The lowest BCUT2D eigenvalue weighted by atomic mass is 9.77. The number of hydrogen-bond acceptors (Lipinski definition) is 4. The van der Waals surface area contributed by atoms with Crippen molar-refractivity contribution in [3.63, 3.8) is 0 Å². The third-order valence-electron chi connectivity index (χ3n) is 3.69. The van der Waals surface area contributed by atoms with E-state index in [1.165, 1.54) is 12.0 Å². The van der Waals surface area contributed by atoms with Gasteiger partial charge in [-0.2, -0.15) is 0 Å². The Morgan fingerprint density at radius 2 is 1.57 bits per heavy atom. The van der Waals surface area contributed by atoms with Gasteiger partial charge in [-0.3, -0.25) is 4.90 Å². The molecule has 0 aliphatic carbocycles. The standard InChI is InChI=1S/C18H27NO4/c1-17(2,3)23-16(21)19(6)14(15(20)22-7)18(4,5)13-11-9-8-10-12-13/h8-12,14H,1-7H3. The molecule has 1 aromatic rings. The van der Waals surface area contributed by atoms with E-state index in [1.807, 2.05) is 44.2 Å². The van der Waals surface area contributed by atoms with Crippen LogP contribution in [0.25, 0.3) is 0 Å². The molecule has 0 radical (unpaired) electrons. The maximum Gasteiger partial charge on any atom is 0.410 e. The average molecular weight is 321 g/mol. The first kappa shape index (κ1) is 19.0. The number of likely N-dealkylation sites (N-methyl/N-ethyl adjacent to an activating group) is 1. The molecule has 5 heteroatoms. The third kappa shape index (κ3) is 4.71. The first-order valence-corrected chi connectivity index (χ1v) is 7.60. The normalized spacial score (nSPS) is 13.2. The maximum absolute atomic E-state index is 12.4. The van der Waals surface area contributed by atoms with E-state index >= 15 is 0 Å². The summed E-state index contributed by atoms with van der Waals surface area (Å²) in [4.78, 5) is 26.1. The molecule has 1 unspecified atom stereocenters. The fraction of sp³-hybridized carbons (Fsp3) is 0.556. The van der Waals surface area contributed by atoms with Gasteiger partial charge in [0.2, 0.25) is 0 Å². The Morgan fingerprint density at radius 3 is 2.00 bits per heavy atom. The van der Waals surface area contributed by atoms with Crippen molar-refractivity contribution in [1.29, 1.82) is 0 Å². The predicted molar refractivity (Wildman–Crippen MR) is 89.3 cm³/mol. The molecule has 0 fully saturated rings. The summed E-state index contributed by atoms with van der Waals surface area (Å²) in [6, 6.07) is 8.77. The van der Waals surface area contributed by atoms with Gasteiger partial charge in [0.05, 0.1) is 7.11 Å². The lowest BCUT2D eigenvalue weighted by Crippen LogP contribution is -2.54. The number of ether oxygens (including phenoxy) is 2. The Morgan fingerprint density at radius 1 is 1.04 bits per heavy atom. The number of rotatable bonds is 4. The van der Waals surface area contributed by atoms with E-state index in [0.717, 1.165) is 5.56 Å². The lowest BCUT2D eigenvalue weighted by molar-refractivity contribution is -0.148. The molecule has 1 atom stereocenters. The molecule has 0 N–H and O–H groups in total. The number of nitrogens with zero attached hydrogens (tertiary/aromatic N) is 1. The molecule has 23 heavy (non-hydrogen) atoms. The fourth-order valence-corrected chi connectivity index (χ4v) is 2.51. The highest BCUT2D eigenvalue weighted by Gasteiger charge is 2.43. The predicted octanol–water partition coefficient (Wildman–Crippen LogP) is 3.37. The monoisotopic (exact) mass is 321 g/mol. The molecular formula is C18H27NO4. The first-order valence-electron chi connectivity index (χ1n) is 7.60. The average Bonchev–Trinajstić information content (AvgIpc) is 2.46. The molecule has 0 aromatic heterocycles. The van der Waals surface area contributed by atoms with Gasteiger partial charge in [0, 0.05) is 12.5 Å². The van der Waals surface area contributed by atoms with E-state index in [9.17, 15) is 9.59 Å². The van der Waals surface area contributed by atoms with Gasteiger partial charge >= 0.3 is 12.1 Å². The highest BCUT2D eigenvalue weighted by Crippen LogP contribution is 2.31. The number of carbonyl (C=O) groups excluding carboxylic acids is 2. The zero-order valence-corrected chi connectivity index (χ0v) is 15.0. The van der Waals surface area contributed by atoms with Crippen molar-refractivity contribution in [3.05, 3.63) is 35.9 Å². The van der Waals surface area contributed by atoms with Crippen LogP contribution in [-0.2, 0) is 19.7 Å². The van der Waals surface area contributed by atoms with Crippen molar-refractivity contribution >= 4 is 12.1 Å². The van der Waals surface area contributed by atoms with Crippen molar-refractivity contribution in [2.45, 2.75) is 51.7 Å². The van der Waals surface area contributed by atoms with Crippen LogP contribution in [0.1, 0.15) is 40.2 Å².